The molecule has 2 aliphatic heterocycles. The Labute approximate surface area is 267 Å². The summed E-state index contributed by atoms with van der Waals surface area (Å²) in [5, 5.41) is 27.6. The van der Waals surface area contributed by atoms with E-state index >= 15 is 4.39 Å². The molecule has 0 radical (unpaired) electrons. The summed E-state index contributed by atoms with van der Waals surface area (Å²) in [4.78, 5) is 27.8. The third kappa shape index (κ3) is 7.72. The number of carbonyl (C=O) groups is 2. The molecule has 6 N–H and O–H groups in total. The van der Waals surface area contributed by atoms with Crippen LogP contribution in [0.25, 0.3) is 0 Å². The van der Waals surface area contributed by atoms with Gasteiger partial charge in [0.25, 0.3) is 0 Å². The van der Waals surface area contributed by atoms with E-state index < -0.39 is 23.1 Å². The summed E-state index contributed by atoms with van der Waals surface area (Å²) >= 11 is 0. The van der Waals surface area contributed by atoms with Crippen LogP contribution in [0.2, 0.25) is 0 Å². The first kappa shape index (κ1) is 34.9. The molecule has 45 heavy (non-hydrogen) atoms. The number of aliphatic hydroxyl groups is 1. The highest BCUT2D eigenvalue weighted by Gasteiger charge is 2.62. The van der Waals surface area contributed by atoms with Crippen LogP contribution in [0.4, 0.5) is 4.39 Å². The Balaban J connectivity index is 0.000000590. The van der Waals surface area contributed by atoms with Crippen LogP contribution in [0.5, 0.6) is 5.75 Å². The number of ketones is 1. The highest BCUT2D eigenvalue weighted by molar-refractivity contribution is 6.14. The standard InChI is InChI=1S/C29H38FN3O5.C4H8.C2H7N/c1-15(2)22(28(31)37)21(35)13-18-10-16-11-19-24(26(36)23(16)27-29(18,3)38-27)20(34)12-17(25(19)30)14-32-6-9-33-7-4-5-8-33;1-2-4-3-1;1-3-2/h12,15-16,18,32,34-35H,4-11,13-14H2,1-3H3,(H2,31,37);1-4H2;3H,1-2H3/b22-21-;;/t16?,18-,29-;;/m0../s1. The van der Waals surface area contributed by atoms with Gasteiger partial charge in [0.15, 0.2) is 11.4 Å². The number of phenols is 1. The number of rotatable bonds is 9. The molecule has 1 amide bonds. The lowest BCUT2D eigenvalue weighted by atomic mass is 9.66. The van der Waals surface area contributed by atoms with Crippen LogP contribution in [0.3, 0.4) is 0 Å². The maximum absolute atomic E-state index is 15.7. The highest BCUT2D eigenvalue weighted by Crippen LogP contribution is 2.60. The number of amides is 1. The predicted molar refractivity (Wildman–Crippen MR) is 173 cm³/mol. The molecule has 1 aromatic carbocycles. The number of ether oxygens (including phenoxy) is 1. The Morgan fingerprint density at radius 3 is 2.36 bits per heavy atom. The third-order valence-corrected chi connectivity index (χ3v) is 9.77. The second kappa shape index (κ2) is 15.1. The number of likely N-dealkylation sites (tertiary alicyclic amines) is 1. The van der Waals surface area contributed by atoms with Crippen molar-refractivity contribution in [2.24, 2.45) is 23.5 Å². The number of phenolic OH excluding ortho intramolecular Hbond substituents is 1. The lowest BCUT2D eigenvalue weighted by molar-refractivity contribution is -0.115. The van der Waals surface area contributed by atoms with Gasteiger partial charge in [-0.1, -0.05) is 39.5 Å². The minimum absolute atomic E-state index is 0.0249. The number of fused-ring (bicyclic) bond motifs is 3. The number of nitrogens with two attached hydrogens (primary N) is 1. The minimum Gasteiger partial charge on any atom is -0.512 e. The van der Waals surface area contributed by atoms with Crippen molar-refractivity contribution in [3.05, 3.63) is 51.2 Å². The topological polar surface area (TPSA) is 140 Å². The van der Waals surface area contributed by atoms with E-state index in [1.54, 1.807) is 13.8 Å². The van der Waals surface area contributed by atoms with Crippen molar-refractivity contribution in [3.63, 3.8) is 0 Å². The Morgan fingerprint density at radius 2 is 1.80 bits per heavy atom. The largest absolute Gasteiger partial charge is 0.512 e. The lowest BCUT2D eigenvalue weighted by Gasteiger charge is -2.34. The second-order valence-corrected chi connectivity index (χ2v) is 13.6. The molecule has 2 heterocycles. The fourth-order valence-corrected chi connectivity index (χ4v) is 6.93. The third-order valence-electron chi connectivity index (χ3n) is 9.77. The fraction of sp³-hybridized carbons (Fsp3) is 0.657. The molecule has 3 atom stereocenters. The average Bonchev–Trinajstić information content (AvgIpc) is 3.36. The van der Waals surface area contributed by atoms with E-state index in [1.165, 1.54) is 44.6 Å². The quantitative estimate of drug-likeness (QED) is 0.113. The number of Topliss-reactive ketones (excluding diaryl/α,β-unsaturated/α-hetero) is 1. The molecular formula is C35H53FN4O5. The first-order valence-corrected chi connectivity index (χ1v) is 16.7. The number of carbonyl (C=O) groups excluding carboxylic acids is 2. The summed E-state index contributed by atoms with van der Waals surface area (Å²) < 4.78 is 21.7. The van der Waals surface area contributed by atoms with E-state index in [-0.39, 0.29) is 65.3 Å². The van der Waals surface area contributed by atoms with Gasteiger partial charge in [0.1, 0.15) is 23.1 Å². The Morgan fingerprint density at radius 1 is 1.18 bits per heavy atom. The van der Waals surface area contributed by atoms with Crippen molar-refractivity contribution in [2.45, 2.75) is 90.7 Å². The van der Waals surface area contributed by atoms with Crippen LogP contribution < -0.4 is 16.4 Å². The average molecular weight is 629 g/mol. The van der Waals surface area contributed by atoms with Crippen LogP contribution in [-0.4, -0.2) is 72.7 Å². The van der Waals surface area contributed by atoms with Crippen molar-refractivity contribution in [3.8, 4) is 5.75 Å². The number of epoxide rings is 1. The van der Waals surface area contributed by atoms with Gasteiger partial charge in [-0.25, -0.2) is 4.39 Å². The molecule has 3 fully saturated rings. The maximum Gasteiger partial charge on any atom is 0.248 e. The van der Waals surface area contributed by atoms with Gasteiger partial charge >= 0.3 is 0 Å². The monoisotopic (exact) mass is 628 g/mol. The van der Waals surface area contributed by atoms with Crippen molar-refractivity contribution in [1.29, 1.82) is 0 Å². The number of nitrogens with one attached hydrogen (secondary N) is 2. The van der Waals surface area contributed by atoms with E-state index in [9.17, 15) is 19.8 Å². The second-order valence-electron chi connectivity index (χ2n) is 13.6. The van der Waals surface area contributed by atoms with Crippen molar-refractivity contribution >= 4 is 11.7 Å². The molecule has 0 aromatic heterocycles. The van der Waals surface area contributed by atoms with E-state index in [2.05, 4.69) is 15.5 Å². The normalized spacial score (nSPS) is 25.4. The number of primary amides is 1. The number of hydrogen-bond donors (Lipinski definition) is 5. The molecule has 10 heteroatoms. The molecule has 250 valence electrons. The number of aliphatic hydroxyl groups excluding tert-OH is 1. The summed E-state index contributed by atoms with van der Waals surface area (Å²) in [6.45, 7) is 9.51. The number of benzene rings is 1. The van der Waals surface area contributed by atoms with Crippen LogP contribution in [0.1, 0.15) is 93.6 Å². The Bertz CT molecular complexity index is 1310. The molecule has 1 aromatic rings. The van der Waals surface area contributed by atoms with Crippen molar-refractivity contribution in [2.75, 3.05) is 40.3 Å². The van der Waals surface area contributed by atoms with E-state index in [0.29, 0.717) is 29.9 Å². The summed E-state index contributed by atoms with van der Waals surface area (Å²) in [5.41, 5.74) is 6.04. The predicted octanol–water partition coefficient (Wildman–Crippen LogP) is 4.87. The van der Waals surface area contributed by atoms with E-state index in [4.69, 9.17) is 10.5 Å². The zero-order valence-electron chi connectivity index (χ0n) is 27.7. The molecule has 6 rings (SSSR count). The molecular weight excluding hydrogens is 575 g/mol. The first-order valence-electron chi connectivity index (χ1n) is 16.7. The molecule has 0 spiro atoms. The maximum atomic E-state index is 15.7. The lowest BCUT2D eigenvalue weighted by Crippen LogP contribution is -2.35. The summed E-state index contributed by atoms with van der Waals surface area (Å²) in [6.07, 6.45) is 9.34. The summed E-state index contributed by atoms with van der Waals surface area (Å²) in [5.74, 6) is -1.98. The molecule has 1 saturated carbocycles. The van der Waals surface area contributed by atoms with Crippen molar-refractivity contribution in [1.82, 2.24) is 15.5 Å². The van der Waals surface area contributed by atoms with Gasteiger partial charge in [-0.05, 0) is 77.7 Å². The molecule has 1 unspecified atom stereocenters. The first-order chi connectivity index (χ1) is 21.4. The van der Waals surface area contributed by atoms with Gasteiger partial charge in [-0.2, -0.15) is 0 Å². The minimum atomic E-state index is -0.750. The van der Waals surface area contributed by atoms with E-state index in [0.717, 1.165) is 19.6 Å². The summed E-state index contributed by atoms with van der Waals surface area (Å²) in [7, 11) is 3.75. The Kier molecular flexibility index (Phi) is 11.7. The number of aromatic hydroxyl groups is 1. The fourth-order valence-electron chi connectivity index (χ4n) is 6.93. The van der Waals surface area contributed by atoms with Crippen LogP contribution >= 0.6 is 0 Å². The van der Waals surface area contributed by atoms with Gasteiger partial charge in [0.2, 0.25) is 5.91 Å². The smallest absolute Gasteiger partial charge is 0.248 e. The van der Waals surface area contributed by atoms with Gasteiger partial charge in [-0.15, -0.1) is 0 Å². The highest BCUT2D eigenvalue weighted by atomic mass is 19.1. The van der Waals surface area contributed by atoms with Crippen LogP contribution in [-0.2, 0) is 22.5 Å². The molecule has 0 bridgehead atoms. The number of allylic oxidation sites excluding steroid dienone is 2. The SMILES string of the molecule is C1CCC1.CC(C)/C(C(N)=O)=C(/O)C[C@@H]1CC2Cc3c(F)c(CNCCN4CCCC4)cc(O)c3C(=O)C2=C2O[C@]21C.CNC. The van der Waals surface area contributed by atoms with Crippen LogP contribution in [0, 0.1) is 23.6 Å². The molecule has 9 nitrogen and oxygen atoms in total. The summed E-state index contributed by atoms with van der Waals surface area (Å²) in [6, 6.07) is 1.36. The zero-order chi connectivity index (χ0) is 32.9. The van der Waals surface area contributed by atoms with Gasteiger partial charge in [0, 0.05) is 48.7 Å². The number of hydrogen-bond acceptors (Lipinski definition) is 8. The number of halogens is 1. The number of nitrogens with zero attached hydrogens (tertiary/aromatic N) is 1. The van der Waals surface area contributed by atoms with Crippen molar-refractivity contribution < 1.29 is 28.9 Å². The van der Waals surface area contributed by atoms with Gasteiger partial charge in [0.05, 0.1) is 11.1 Å². The van der Waals surface area contributed by atoms with Gasteiger partial charge < -0.3 is 36.2 Å². The molecule has 2 saturated heterocycles. The zero-order valence-corrected chi connectivity index (χ0v) is 27.7. The van der Waals surface area contributed by atoms with Gasteiger partial charge in [-0.3, -0.25) is 9.59 Å². The Hall–Kier alpha value is -2.95. The van der Waals surface area contributed by atoms with E-state index in [1.807, 2.05) is 21.0 Å². The molecule has 3 aliphatic carbocycles. The van der Waals surface area contributed by atoms with Crippen LogP contribution in [0.15, 0.2) is 28.7 Å². The molecule has 5 aliphatic rings.